The number of hydrogen-bond donors (Lipinski definition) is 3. The number of halogens is 1. The summed E-state index contributed by atoms with van der Waals surface area (Å²) >= 11 is 6.25. The quantitative estimate of drug-likeness (QED) is 0.458. The Bertz CT molecular complexity index is 787. The van der Waals surface area contributed by atoms with E-state index in [4.69, 9.17) is 16.3 Å². The molecule has 0 radical (unpaired) electrons. The van der Waals surface area contributed by atoms with Crippen molar-refractivity contribution >= 4 is 23.5 Å². The van der Waals surface area contributed by atoms with E-state index in [-0.39, 0.29) is 36.6 Å². The molecule has 2 fully saturated rings. The number of urea groups is 1. The summed E-state index contributed by atoms with van der Waals surface area (Å²) in [6, 6.07) is 7.73. The summed E-state index contributed by atoms with van der Waals surface area (Å²) in [5, 5.41) is 9.79. The van der Waals surface area contributed by atoms with E-state index in [1.54, 1.807) is 7.05 Å². The first-order valence-corrected chi connectivity index (χ1v) is 13.2. The van der Waals surface area contributed by atoms with Gasteiger partial charge in [-0.2, -0.15) is 0 Å². The second-order valence-corrected chi connectivity index (χ2v) is 10.2. The maximum Gasteiger partial charge on any atom is 0.317 e. The fourth-order valence-corrected chi connectivity index (χ4v) is 5.60. The highest BCUT2D eigenvalue weighted by atomic mass is 35.5. The third-order valence-corrected chi connectivity index (χ3v) is 7.38. The molecule has 1 aliphatic heterocycles. The van der Waals surface area contributed by atoms with Crippen LogP contribution >= 0.6 is 11.6 Å². The van der Waals surface area contributed by atoms with Crippen LogP contribution in [-0.2, 0) is 9.53 Å². The minimum Gasteiger partial charge on any atom is -0.363 e. The highest BCUT2D eigenvalue weighted by Gasteiger charge is 2.32. The number of rotatable bonds is 10. The van der Waals surface area contributed by atoms with Gasteiger partial charge in [-0.25, -0.2) is 4.79 Å². The van der Waals surface area contributed by atoms with Gasteiger partial charge in [-0.1, -0.05) is 55.8 Å². The van der Waals surface area contributed by atoms with Gasteiger partial charge in [0.15, 0.2) is 0 Å². The van der Waals surface area contributed by atoms with Gasteiger partial charge < -0.3 is 25.6 Å². The van der Waals surface area contributed by atoms with Crippen LogP contribution in [0.25, 0.3) is 0 Å². The van der Waals surface area contributed by atoms with Crippen LogP contribution < -0.4 is 16.0 Å². The molecular weight excluding hydrogens is 452 g/mol. The summed E-state index contributed by atoms with van der Waals surface area (Å²) in [5.41, 5.74) is 0.939. The average Bonchev–Trinajstić information content (AvgIpc) is 2.85. The van der Waals surface area contributed by atoms with Crippen LogP contribution in [0.15, 0.2) is 24.3 Å². The van der Waals surface area contributed by atoms with Gasteiger partial charge in [-0.3, -0.25) is 4.79 Å². The van der Waals surface area contributed by atoms with Crippen molar-refractivity contribution < 1.29 is 14.3 Å². The molecule has 3 atom stereocenters. The van der Waals surface area contributed by atoms with Crippen LogP contribution in [0.5, 0.6) is 0 Å². The highest BCUT2D eigenvalue weighted by Crippen LogP contribution is 2.34. The third-order valence-electron chi connectivity index (χ3n) is 7.14. The van der Waals surface area contributed by atoms with Crippen LogP contribution in [0.4, 0.5) is 4.79 Å². The van der Waals surface area contributed by atoms with Gasteiger partial charge in [-0.05, 0) is 49.9 Å². The molecular formula is C26H41ClN4O3. The molecule has 7 nitrogen and oxygen atoms in total. The molecule has 34 heavy (non-hydrogen) atoms. The van der Waals surface area contributed by atoms with Gasteiger partial charge in [0.2, 0.25) is 5.91 Å². The average molecular weight is 493 g/mol. The number of carbonyl (C=O) groups excluding carboxylic acids is 2. The van der Waals surface area contributed by atoms with Gasteiger partial charge in [-0.15, -0.1) is 0 Å². The number of nitrogens with one attached hydrogen (secondary N) is 3. The van der Waals surface area contributed by atoms with Crippen LogP contribution in [0.2, 0.25) is 5.02 Å². The highest BCUT2D eigenvalue weighted by molar-refractivity contribution is 6.30. The first-order chi connectivity index (χ1) is 16.5. The van der Waals surface area contributed by atoms with Gasteiger partial charge in [0.25, 0.3) is 0 Å². The van der Waals surface area contributed by atoms with Crippen molar-refractivity contribution in [3.63, 3.8) is 0 Å². The Hall–Kier alpha value is -1.83. The van der Waals surface area contributed by atoms with E-state index in [2.05, 4.69) is 16.0 Å². The second-order valence-electron chi connectivity index (χ2n) is 9.75. The topological polar surface area (TPSA) is 82.7 Å². The number of carbonyl (C=O) groups is 2. The second kappa shape index (κ2) is 13.9. The molecule has 1 saturated carbocycles. The minimum atomic E-state index is -0.304. The summed E-state index contributed by atoms with van der Waals surface area (Å²) in [7, 11) is 3.54. The Morgan fingerprint density at radius 1 is 1.15 bits per heavy atom. The molecule has 3 rings (SSSR count). The van der Waals surface area contributed by atoms with E-state index in [0.717, 1.165) is 37.9 Å². The minimum absolute atomic E-state index is 0.00287. The van der Waals surface area contributed by atoms with E-state index >= 15 is 0 Å². The molecule has 1 aromatic carbocycles. The predicted molar refractivity (Wildman–Crippen MR) is 136 cm³/mol. The molecule has 0 spiro atoms. The van der Waals surface area contributed by atoms with Crippen LogP contribution in [0, 0.1) is 11.8 Å². The number of likely N-dealkylation sites (tertiary alicyclic amines) is 1. The van der Waals surface area contributed by atoms with E-state index in [1.165, 1.54) is 32.1 Å². The number of nitrogens with zero attached hydrogens (tertiary/aromatic N) is 1. The number of ether oxygens (including phenoxy) is 1. The summed E-state index contributed by atoms with van der Waals surface area (Å²) in [5.74, 6) is 0.616. The van der Waals surface area contributed by atoms with Gasteiger partial charge >= 0.3 is 6.03 Å². The molecule has 0 aromatic heterocycles. The molecule has 3 unspecified atom stereocenters. The molecule has 3 N–H and O–H groups in total. The maximum atomic E-state index is 13.3. The van der Waals surface area contributed by atoms with Crippen molar-refractivity contribution in [1.82, 2.24) is 20.9 Å². The SMILES string of the molecule is CNCC(CC1CCCCC1)NC(=O)N1CCCC(C(OCC(=O)NC)c2cccc(Cl)c2)C1. The largest absolute Gasteiger partial charge is 0.363 e. The van der Waals surface area contributed by atoms with Crippen LogP contribution in [0.3, 0.4) is 0 Å². The molecule has 1 saturated heterocycles. The van der Waals surface area contributed by atoms with E-state index < -0.39 is 0 Å². The Kier molecular flexibility index (Phi) is 10.9. The van der Waals surface area contributed by atoms with Gasteiger partial charge in [0, 0.05) is 43.7 Å². The number of hydrogen-bond acceptors (Lipinski definition) is 4. The predicted octanol–water partition coefficient (Wildman–Crippen LogP) is 4.12. The van der Waals surface area contributed by atoms with Crippen molar-refractivity contribution in [3.05, 3.63) is 34.9 Å². The molecule has 1 aliphatic carbocycles. The monoisotopic (exact) mass is 492 g/mol. The van der Waals surface area contributed by atoms with Crippen molar-refractivity contribution in [2.75, 3.05) is 40.3 Å². The van der Waals surface area contributed by atoms with Crippen LogP contribution in [0.1, 0.15) is 63.0 Å². The third kappa shape index (κ3) is 8.14. The van der Waals surface area contributed by atoms with Gasteiger partial charge in [0.05, 0.1) is 6.10 Å². The maximum absolute atomic E-state index is 13.3. The molecule has 190 valence electrons. The van der Waals surface area contributed by atoms with E-state index in [1.807, 2.05) is 36.2 Å². The standard InChI is InChI=1S/C26H41ClN4O3/c1-28-16-23(14-19-8-4-3-5-9-19)30-26(33)31-13-7-11-21(17-31)25(34-18-24(32)29-2)20-10-6-12-22(27)15-20/h6,10,12,15,19,21,23,25,28H,3-5,7-9,11,13-14,16-18H2,1-2H3,(H,29,32)(H,30,33). The summed E-state index contributed by atoms with van der Waals surface area (Å²) < 4.78 is 6.08. The zero-order chi connectivity index (χ0) is 24.3. The molecule has 8 heteroatoms. The number of piperidine rings is 1. The lowest BCUT2D eigenvalue weighted by Gasteiger charge is -2.38. The Labute approximate surface area is 209 Å². The number of benzene rings is 1. The van der Waals surface area contributed by atoms with E-state index in [0.29, 0.717) is 17.5 Å². The fourth-order valence-electron chi connectivity index (χ4n) is 5.40. The van der Waals surface area contributed by atoms with Crippen molar-refractivity contribution in [1.29, 1.82) is 0 Å². The Morgan fingerprint density at radius 2 is 1.94 bits per heavy atom. The lowest BCUT2D eigenvalue weighted by molar-refractivity contribution is -0.129. The zero-order valence-electron chi connectivity index (χ0n) is 20.7. The molecule has 1 heterocycles. The van der Waals surface area contributed by atoms with Crippen molar-refractivity contribution in [2.45, 2.75) is 63.5 Å². The fraction of sp³-hybridized carbons (Fsp3) is 0.692. The number of amides is 3. The summed E-state index contributed by atoms with van der Waals surface area (Å²) in [6.07, 6.45) is 9.04. The molecule has 1 aromatic rings. The van der Waals surface area contributed by atoms with Crippen molar-refractivity contribution in [2.24, 2.45) is 11.8 Å². The lowest BCUT2D eigenvalue weighted by atomic mass is 9.85. The normalized spacial score (nSPS) is 21.0. The number of likely N-dealkylation sites (N-methyl/N-ethyl adjacent to an activating group) is 2. The molecule has 3 amide bonds. The first kappa shape index (κ1) is 26.8. The first-order valence-electron chi connectivity index (χ1n) is 12.8. The van der Waals surface area contributed by atoms with Crippen LogP contribution in [-0.4, -0.2) is 63.2 Å². The van der Waals surface area contributed by atoms with Gasteiger partial charge in [0.1, 0.15) is 6.61 Å². The van der Waals surface area contributed by atoms with E-state index in [9.17, 15) is 9.59 Å². The summed E-state index contributed by atoms with van der Waals surface area (Å²) in [6.45, 7) is 2.07. The smallest absolute Gasteiger partial charge is 0.317 e. The Balaban J connectivity index is 1.65. The molecule has 2 aliphatic rings. The lowest BCUT2D eigenvalue weighted by Crippen LogP contribution is -2.52. The molecule has 0 bridgehead atoms. The summed E-state index contributed by atoms with van der Waals surface area (Å²) in [4.78, 5) is 27.0. The van der Waals surface area contributed by atoms with Crippen molar-refractivity contribution in [3.8, 4) is 0 Å². The Morgan fingerprint density at radius 3 is 2.65 bits per heavy atom. The zero-order valence-corrected chi connectivity index (χ0v) is 21.4.